The van der Waals surface area contributed by atoms with Gasteiger partial charge in [0.1, 0.15) is 0 Å². The Kier molecular flexibility index (Phi) is 4.72. The van der Waals surface area contributed by atoms with Crippen LogP contribution in [0.15, 0.2) is 60.8 Å². The molecule has 30 heavy (non-hydrogen) atoms. The van der Waals surface area contributed by atoms with Crippen LogP contribution < -0.4 is 15.1 Å². The Labute approximate surface area is 181 Å². The predicted molar refractivity (Wildman–Crippen MR) is 124 cm³/mol. The van der Waals surface area contributed by atoms with E-state index in [2.05, 4.69) is 56.5 Å². The van der Waals surface area contributed by atoms with Gasteiger partial charge < -0.3 is 9.80 Å². The van der Waals surface area contributed by atoms with Crippen LogP contribution in [0.4, 0.5) is 17.1 Å². The van der Waals surface area contributed by atoms with E-state index in [1.807, 2.05) is 38.2 Å². The third-order valence-corrected chi connectivity index (χ3v) is 6.25. The van der Waals surface area contributed by atoms with Crippen molar-refractivity contribution in [2.24, 2.45) is 5.92 Å². The number of hydrogen-bond acceptors (Lipinski definition) is 4. The standard InChI is InChI=1S/C24H24ClN5/c1-15-3-4-18(12-27-15)17-5-10-22-23(11-17)29(21-8-6-20(25)7-9-21)14-19-13-28-24(19)30(22)16(2)26/h3-12,19,24,26,28H,13-14H2,1-2H3/t19-,24?/m0/s1. The fraction of sp³-hybridized carbons (Fsp3) is 0.250. The van der Waals surface area contributed by atoms with Gasteiger partial charge in [0, 0.05) is 47.2 Å². The Morgan fingerprint density at radius 2 is 1.83 bits per heavy atom. The molecule has 6 heteroatoms. The van der Waals surface area contributed by atoms with Crippen molar-refractivity contribution in [2.75, 3.05) is 22.9 Å². The van der Waals surface area contributed by atoms with Crippen molar-refractivity contribution in [2.45, 2.75) is 20.0 Å². The maximum absolute atomic E-state index is 8.45. The van der Waals surface area contributed by atoms with Gasteiger partial charge in [-0.3, -0.25) is 15.7 Å². The maximum atomic E-state index is 8.45. The quantitative estimate of drug-likeness (QED) is 0.444. The van der Waals surface area contributed by atoms with Crippen molar-refractivity contribution in [1.82, 2.24) is 10.3 Å². The summed E-state index contributed by atoms with van der Waals surface area (Å²) < 4.78 is 0. The van der Waals surface area contributed by atoms with Crippen molar-refractivity contribution in [3.05, 3.63) is 71.5 Å². The first-order valence-corrected chi connectivity index (χ1v) is 10.6. The number of rotatable bonds is 2. The molecule has 1 unspecified atom stereocenters. The fourth-order valence-corrected chi connectivity index (χ4v) is 4.48. The van der Waals surface area contributed by atoms with Gasteiger partial charge in [-0.15, -0.1) is 0 Å². The zero-order valence-electron chi connectivity index (χ0n) is 17.1. The lowest BCUT2D eigenvalue weighted by Gasteiger charge is -2.44. The number of amidine groups is 1. The van der Waals surface area contributed by atoms with Gasteiger partial charge >= 0.3 is 0 Å². The largest absolute Gasteiger partial charge is 0.339 e. The number of aromatic nitrogens is 1. The minimum absolute atomic E-state index is 0.144. The normalized spacial score (nSPS) is 20.1. The lowest BCUT2D eigenvalue weighted by atomic mass is 9.96. The number of nitrogens with zero attached hydrogens (tertiary/aromatic N) is 3. The van der Waals surface area contributed by atoms with Crippen molar-refractivity contribution in [3.63, 3.8) is 0 Å². The first-order valence-electron chi connectivity index (χ1n) is 10.2. The molecular weight excluding hydrogens is 394 g/mol. The van der Waals surface area contributed by atoms with Crippen LogP contribution in [-0.4, -0.2) is 30.1 Å². The van der Waals surface area contributed by atoms with Gasteiger partial charge in [0.2, 0.25) is 0 Å². The highest BCUT2D eigenvalue weighted by molar-refractivity contribution is 6.30. The summed E-state index contributed by atoms with van der Waals surface area (Å²) in [6.45, 7) is 5.68. The number of nitrogens with one attached hydrogen (secondary N) is 2. The predicted octanol–water partition coefficient (Wildman–Crippen LogP) is 5.21. The average molecular weight is 418 g/mol. The van der Waals surface area contributed by atoms with E-state index in [1.54, 1.807) is 0 Å². The summed E-state index contributed by atoms with van der Waals surface area (Å²) in [6, 6.07) is 18.6. The average Bonchev–Trinajstić information content (AvgIpc) is 2.81. The second-order valence-corrected chi connectivity index (χ2v) is 8.48. The van der Waals surface area contributed by atoms with Crippen LogP contribution in [0.1, 0.15) is 12.6 Å². The van der Waals surface area contributed by atoms with Gasteiger partial charge in [0.15, 0.2) is 0 Å². The highest BCUT2D eigenvalue weighted by atomic mass is 35.5. The molecule has 0 bridgehead atoms. The summed E-state index contributed by atoms with van der Waals surface area (Å²) >= 11 is 6.16. The Bertz CT molecular complexity index is 1090. The smallest absolute Gasteiger partial charge is 0.0984 e. The van der Waals surface area contributed by atoms with E-state index in [4.69, 9.17) is 17.0 Å². The van der Waals surface area contributed by atoms with Crippen LogP contribution in [0.5, 0.6) is 0 Å². The molecule has 5 rings (SSSR count). The van der Waals surface area contributed by atoms with Gasteiger partial charge in [-0.25, -0.2) is 0 Å². The van der Waals surface area contributed by atoms with Crippen LogP contribution in [-0.2, 0) is 0 Å². The molecule has 5 nitrogen and oxygen atoms in total. The van der Waals surface area contributed by atoms with E-state index in [9.17, 15) is 0 Å². The lowest BCUT2D eigenvalue weighted by molar-refractivity contribution is 0.250. The summed E-state index contributed by atoms with van der Waals surface area (Å²) in [4.78, 5) is 8.95. The lowest BCUT2D eigenvalue weighted by Crippen LogP contribution is -2.64. The molecule has 3 heterocycles. The minimum atomic E-state index is 0.144. The topological polar surface area (TPSA) is 55.3 Å². The first kappa shape index (κ1) is 19.1. The number of hydrogen-bond donors (Lipinski definition) is 2. The molecule has 2 aliphatic rings. The van der Waals surface area contributed by atoms with Crippen LogP contribution in [0.2, 0.25) is 5.02 Å². The number of fused-ring (bicyclic) bond motifs is 2. The second-order valence-electron chi connectivity index (χ2n) is 8.05. The summed E-state index contributed by atoms with van der Waals surface area (Å²) in [5.41, 5.74) is 6.45. The third-order valence-electron chi connectivity index (χ3n) is 6.00. The highest BCUT2D eigenvalue weighted by Gasteiger charge is 2.41. The Morgan fingerprint density at radius 3 is 2.47 bits per heavy atom. The van der Waals surface area contributed by atoms with Gasteiger partial charge in [0.05, 0.1) is 23.4 Å². The molecule has 1 saturated heterocycles. The van der Waals surface area contributed by atoms with E-state index in [0.29, 0.717) is 11.8 Å². The Morgan fingerprint density at radius 1 is 1.07 bits per heavy atom. The number of pyridine rings is 1. The molecular formula is C24H24ClN5. The summed E-state index contributed by atoms with van der Waals surface area (Å²) in [6.07, 6.45) is 2.07. The fourth-order valence-electron chi connectivity index (χ4n) is 4.36. The summed E-state index contributed by atoms with van der Waals surface area (Å²) in [7, 11) is 0. The molecule has 1 fully saturated rings. The van der Waals surface area contributed by atoms with Crippen molar-refractivity contribution < 1.29 is 0 Å². The first-order chi connectivity index (χ1) is 14.5. The molecule has 0 aliphatic carbocycles. The van der Waals surface area contributed by atoms with E-state index in [1.165, 1.54) is 0 Å². The molecule has 2 aliphatic heterocycles. The van der Waals surface area contributed by atoms with Crippen LogP contribution in [0.25, 0.3) is 11.1 Å². The number of aryl methyl sites for hydroxylation is 1. The van der Waals surface area contributed by atoms with Crippen molar-refractivity contribution in [1.29, 1.82) is 5.41 Å². The van der Waals surface area contributed by atoms with Crippen molar-refractivity contribution >= 4 is 34.5 Å². The summed E-state index contributed by atoms with van der Waals surface area (Å²) in [5.74, 6) is 0.971. The number of halogens is 1. The third kappa shape index (κ3) is 3.24. The second kappa shape index (κ2) is 7.42. The zero-order valence-corrected chi connectivity index (χ0v) is 17.8. The minimum Gasteiger partial charge on any atom is -0.339 e. The molecule has 2 atom stereocenters. The number of benzene rings is 2. The number of anilines is 3. The van der Waals surface area contributed by atoms with Gasteiger partial charge in [0.25, 0.3) is 0 Å². The van der Waals surface area contributed by atoms with E-state index >= 15 is 0 Å². The van der Waals surface area contributed by atoms with Gasteiger partial charge in [-0.2, -0.15) is 0 Å². The Balaban J connectivity index is 1.68. The summed E-state index contributed by atoms with van der Waals surface area (Å²) in [5, 5.41) is 12.7. The van der Waals surface area contributed by atoms with Crippen LogP contribution in [0, 0.1) is 18.3 Å². The molecule has 2 N–H and O–H groups in total. The highest BCUT2D eigenvalue weighted by Crippen LogP contribution is 2.43. The molecule has 3 aromatic rings. The van der Waals surface area contributed by atoms with Gasteiger partial charge in [-0.05, 0) is 61.9 Å². The SMILES string of the molecule is CC(=N)N1c2ccc(-c3ccc(C)nc3)cc2N(c2ccc(Cl)cc2)C[C@@H]2CNC21. The molecule has 152 valence electrons. The van der Waals surface area contributed by atoms with E-state index in [-0.39, 0.29) is 6.17 Å². The van der Waals surface area contributed by atoms with E-state index in [0.717, 1.165) is 52.0 Å². The molecule has 2 aromatic carbocycles. The molecule has 0 spiro atoms. The van der Waals surface area contributed by atoms with Crippen molar-refractivity contribution in [3.8, 4) is 11.1 Å². The van der Waals surface area contributed by atoms with Gasteiger partial charge in [-0.1, -0.05) is 23.7 Å². The molecule has 1 aromatic heterocycles. The molecule has 0 radical (unpaired) electrons. The molecule has 0 amide bonds. The maximum Gasteiger partial charge on any atom is 0.0984 e. The van der Waals surface area contributed by atoms with Crippen LogP contribution >= 0.6 is 11.6 Å². The van der Waals surface area contributed by atoms with Crippen LogP contribution in [0.3, 0.4) is 0 Å². The zero-order chi connectivity index (χ0) is 20.8. The monoisotopic (exact) mass is 417 g/mol. The van der Waals surface area contributed by atoms with E-state index < -0.39 is 0 Å². The Hall–Kier alpha value is -2.89. The molecule has 0 saturated carbocycles.